The molecule has 4 nitrogen and oxygen atoms in total. The lowest BCUT2D eigenvalue weighted by Crippen LogP contribution is -2.41. The van der Waals surface area contributed by atoms with Gasteiger partial charge in [-0.15, -0.1) is 11.8 Å². The zero-order chi connectivity index (χ0) is 16.9. The number of aromatic nitrogens is 1. The predicted octanol–water partition coefficient (Wildman–Crippen LogP) is 2.82. The lowest BCUT2D eigenvalue weighted by atomic mass is 10.00. The first-order valence-corrected chi connectivity index (χ1v) is 9.39. The summed E-state index contributed by atoms with van der Waals surface area (Å²) < 4.78 is 0. The number of amides is 1. The summed E-state index contributed by atoms with van der Waals surface area (Å²) >= 11 is 1.77. The number of thioether (sulfide) groups is 1. The van der Waals surface area contributed by atoms with Crippen molar-refractivity contribution >= 4 is 17.7 Å². The summed E-state index contributed by atoms with van der Waals surface area (Å²) in [6.45, 7) is 2.71. The van der Waals surface area contributed by atoms with Crippen LogP contribution in [0.15, 0.2) is 47.6 Å². The summed E-state index contributed by atoms with van der Waals surface area (Å²) in [5.41, 5.74) is 3.79. The van der Waals surface area contributed by atoms with E-state index in [2.05, 4.69) is 29.4 Å². The van der Waals surface area contributed by atoms with Gasteiger partial charge in [0.05, 0.1) is 6.54 Å². The average molecular weight is 341 g/mol. The van der Waals surface area contributed by atoms with Crippen LogP contribution in [-0.4, -0.2) is 47.1 Å². The van der Waals surface area contributed by atoms with Gasteiger partial charge in [0.1, 0.15) is 0 Å². The molecule has 0 unspecified atom stereocenters. The van der Waals surface area contributed by atoms with Gasteiger partial charge in [-0.2, -0.15) is 0 Å². The molecule has 0 radical (unpaired) electrons. The van der Waals surface area contributed by atoms with Gasteiger partial charge in [0.2, 0.25) is 5.91 Å². The van der Waals surface area contributed by atoms with E-state index in [-0.39, 0.29) is 5.91 Å². The normalized spacial score (nSPS) is 13.9. The largest absolute Gasteiger partial charge is 0.337 e. The maximum atomic E-state index is 12.6. The second kappa shape index (κ2) is 7.81. The fourth-order valence-corrected chi connectivity index (χ4v) is 3.52. The third-order valence-electron chi connectivity index (χ3n) is 4.36. The Morgan fingerprint density at radius 1 is 1.33 bits per heavy atom. The number of hydrogen-bond acceptors (Lipinski definition) is 4. The van der Waals surface area contributed by atoms with Crippen molar-refractivity contribution in [1.29, 1.82) is 0 Å². The molecule has 0 bridgehead atoms. The number of pyridine rings is 1. The number of nitrogens with zero attached hydrogens (tertiary/aromatic N) is 3. The number of carbonyl (C=O) groups excluding carboxylic acids is 1. The van der Waals surface area contributed by atoms with Gasteiger partial charge in [-0.05, 0) is 54.6 Å². The van der Waals surface area contributed by atoms with Crippen molar-refractivity contribution in [3.63, 3.8) is 0 Å². The van der Waals surface area contributed by atoms with Crippen LogP contribution in [0.4, 0.5) is 0 Å². The third kappa shape index (κ3) is 4.16. The molecule has 0 atom stereocenters. The van der Waals surface area contributed by atoms with Crippen LogP contribution in [0.1, 0.15) is 16.7 Å². The molecule has 24 heavy (non-hydrogen) atoms. The van der Waals surface area contributed by atoms with Crippen LogP contribution in [-0.2, 0) is 24.3 Å². The Morgan fingerprint density at radius 2 is 2.21 bits per heavy atom. The van der Waals surface area contributed by atoms with Gasteiger partial charge < -0.3 is 4.90 Å². The minimum Gasteiger partial charge on any atom is -0.337 e. The molecule has 1 amide bonds. The SMILES string of the molecule is CSc1ccc2c(c1)CCN(C(=O)CN(C)Cc1cccnc1)C2. The standard InChI is InChI=1S/C19H23N3OS/c1-21(12-15-4-3-8-20-11-15)14-19(23)22-9-7-16-10-18(24-2)6-5-17(16)13-22/h3-6,8,10-11H,7,9,12-14H2,1-2H3. The molecule has 0 aliphatic carbocycles. The minimum atomic E-state index is 0.195. The van der Waals surface area contributed by atoms with E-state index in [4.69, 9.17) is 0 Å². The Kier molecular flexibility index (Phi) is 5.53. The molecular weight excluding hydrogens is 318 g/mol. The zero-order valence-electron chi connectivity index (χ0n) is 14.2. The van der Waals surface area contributed by atoms with Crippen molar-refractivity contribution in [3.8, 4) is 0 Å². The van der Waals surface area contributed by atoms with Gasteiger partial charge in [0.25, 0.3) is 0 Å². The Labute approximate surface area is 147 Å². The second-order valence-electron chi connectivity index (χ2n) is 6.23. The van der Waals surface area contributed by atoms with Crippen molar-refractivity contribution in [2.75, 3.05) is 26.4 Å². The number of likely N-dealkylation sites (N-methyl/N-ethyl adjacent to an activating group) is 1. The first-order valence-electron chi connectivity index (χ1n) is 8.16. The predicted molar refractivity (Wildman–Crippen MR) is 97.9 cm³/mol. The lowest BCUT2D eigenvalue weighted by Gasteiger charge is -2.30. The molecular formula is C19H23N3OS. The second-order valence-corrected chi connectivity index (χ2v) is 7.11. The molecule has 0 spiro atoms. The van der Waals surface area contributed by atoms with Crippen molar-refractivity contribution in [2.24, 2.45) is 0 Å². The highest BCUT2D eigenvalue weighted by Gasteiger charge is 2.21. The maximum absolute atomic E-state index is 12.6. The molecule has 3 rings (SSSR count). The van der Waals surface area contributed by atoms with Crippen LogP contribution in [0, 0.1) is 0 Å². The fraction of sp³-hybridized carbons (Fsp3) is 0.368. The smallest absolute Gasteiger partial charge is 0.237 e. The highest BCUT2D eigenvalue weighted by molar-refractivity contribution is 7.98. The van der Waals surface area contributed by atoms with E-state index < -0.39 is 0 Å². The van der Waals surface area contributed by atoms with E-state index in [0.29, 0.717) is 6.54 Å². The molecule has 2 aromatic rings. The topological polar surface area (TPSA) is 36.4 Å². The molecule has 0 N–H and O–H groups in total. The van der Waals surface area contributed by atoms with Crippen LogP contribution >= 0.6 is 11.8 Å². The monoisotopic (exact) mass is 341 g/mol. The summed E-state index contributed by atoms with van der Waals surface area (Å²) in [6, 6.07) is 10.5. The first-order chi connectivity index (χ1) is 11.7. The van der Waals surface area contributed by atoms with E-state index in [1.54, 1.807) is 18.0 Å². The van der Waals surface area contributed by atoms with E-state index in [1.807, 2.05) is 35.2 Å². The van der Waals surface area contributed by atoms with E-state index in [9.17, 15) is 4.79 Å². The summed E-state index contributed by atoms with van der Waals surface area (Å²) in [4.78, 5) is 22.0. The molecule has 1 aromatic heterocycles. The van der Waals surface area contributed by atoms with Crippen LogP contribution in [0.25, 0.3) is 0 Å². The van der Waals surface area contributed by atoms with Gasteiger partial charge in [-0.3, -0.25) is 14.7 Å². The fourth-order valence-electron chi connectivity index (χ4n) is 3.06. The van der Waals surface area contributed by atoms with Crippen molar-refractivity contribution in [3.05, 3.63) is 59.4 Å². The molecule has 0 saturated heterocycles. The molecule has 5 heteroatoms. The molecule has 1 aliphatic heterocycles. The summed E-state index contributed by atoms with van der Waals surface area (Å²) in [5.74, 6) is 0.195. The number of fused-ring (bicyclic) bond motifs is 1. The van der Waals surface area contributed by atoms with Crippen molar-refractivity contribution in [2.45, 2.75) is 24.4 Å². The number of hydrogen-bond donors (Lipinski definition) is 0. The molecule has 1 aliphatic rings. The highest BCUT2D eigenvalue weighted by atomic mass is 32.2. The van der Waals surface area contributed by atoms with E-state index in [0.717, 1.165) is 31.6 Å². The minimum absolute atomic E-state index is 0.195. The van der Waals surface area contributed by atoms with Crippen LogP contribution < -0.4 is 0 Å². The number of benzene rings is 1. The number of rotatable bonds is 5. The van der Waals surface area contributed by atoms with Crippen LogP contribution in [0.5, 0.6) is 0 Å². The molecule has 1 aromatic carbocycles. The molecule has 126 valence electrons. The summed E-state index contributed by atoms with van der Waals surface area (Å²) in [6.07, 6.45) is 6.66. The van der Waals surface area contributed by atoms with Crippen LogP contribution in [0.3, 0.4) is 0 Å². The molecule has 0 fully saturated rings. The van der Waals surface area contributed by atoms with Gasteiger partial charge in [0, 0.05) is 36.9 Å². The van der Waals surface area contributed by atoms with Crippen molar-refractivity contribution < 1.29 is 4.79 Å². The van der Waals surface area contributed by atoms with Crippen LogP contribution in [0.2, 0.25) is 0 Å². The van der Waals surface area contributed by atoms with E-state index >= 15 is 0 Å². The Hall–Kier alpha value is -1.85. The average Bonchev–Trinajstić information content (AvgIpc) is 2.61. The summed E-state index contributed by atoms with van der Waals surface area (Å²) in [5, 5.41) is 0. The van der Waals surface area contributed by atoms with Gasteiger partial charge in [-0.1, -0.05) is 12.1 Å². The quantitative estimate of drug-likeness (QED) is 0.784. The number of carbonyl (C=O) groups is 1. The van der Waals surface area contributed by atoms with Gasteiger partial charge in [0.15, 0.2) is 0 Å². The lowest BCUT2D eigenvalue weighted by molar-refractivity contribution is -0.133. The maximum Gasteiger partial charge on any atom is 0.237 e. The first kappa shape index (κ1) is 17.0. The Bertz CT molecular complexity index is 705. The van der Waals surface area contributed by atoms with E-state index in [1.165, 1.54) is 16.0 Å². The molecule has 0 saturated carbocycles. The Balaban J connectivity index is 1.57. The zero-order valence-corrected chi connectivity index (χ0v) is 15.1. The van der Waals surface area contributed by atoms with Crippen molar-refractivity contribution in [1.82, 2.24) is 14.8 Å². The third-order valence-corrected chi connectivity index (χ3v) is 5.08. The van der Waals surface area contributed by atoms with Gasteiger partial charge in [-0.25, -0.2) is 0 Å². The van der Waals surface area contributed by atoms with Gasteiger partial charge >= 0.3 is 0 Å². The highest BCUT2D eigenvalue weighted by Crippen LogP contribution is 2.24. The Morgan fingerprint density at radius 3 is 2.96 bits per heavy atom. The summed E-state index contributed by atoms with van der Waals surface area (Å²) in [7, 11) is 1.98. The molecule has 2 heterocycles.